The lowest BCUT2D eigenvalue weighted by atomic mass is 9.80. The first-order valence-electron chi connectivity index (χ1n) is 18.9. The van der Waals surface area contributed by atoms with Crippen molar-refractivity contribution in [3.05, 3.63) is 190 Å². The number of imidazole rings is 1. The highest BCUT2D eigenvalue weighted by Gasteiger charge is 2.37. The molecule has 0 bridgehead atoms. The van der Waals surface area contributed by atoms with Crippen molar-refractivity contribution in [2.75, 3.05) is 0 Å². The predicted molar refractivity (Wildman–Crippen MR) is 225 cm³/mol. The number of nitrogens with one attached hydrogen (secondary N) is 2. The third-order valence-corrected chi connectivity index (χ3v) is 11.9. The van der Waals surface area contributed by atoms with Crippen molar-refractivity contribution < 1.29 is 0 Å². The maximum atomic E-state index is 12.5. The molecular weight excluding hydrogens is 675 g/mol. The minimum Gasteiger partial charge on any atom is -0.350 e. The van der Waals surface area contributed by atoms with Crippen molar-refractivity contribution in [3.8, 4) is 33.4 Å². The van der Waals surface area contributed by atoms with Crippen LogP contribution >= 0.6 is 0 Å². The van der Waals surface area contributed by atoms with Crippen LogP contribution in [-0.4, -0.2) is 15.0 Å². The van der Waals surface area contributed by atoms with E-state index >= 15 is 0 Å². The van der Waals surface area contributed by atoms with E-state index in [2.05, 4.69) is 164 Å². The normalized spacial score (nSPS) is 17.1. The Kier molecular flexibility index (Phi) is 7.55. The first kappa shape index (κ1) is 33.1. The van der Waals surface area contributed by atoms with Crippen LogP contribution in [0.15, 0.2) is 161 Å². The Morgan fingerprint density at radius 2 is 1.20 bits per heavy atom. The summed E-state index contributed by atoms with van der Waals surface area (Å²) in [6, 6.07) is 54.3. The summed E-state index contributed by atoms with van der Waals surface area (Å²) in [5.41, 5.74) is 15.0. The van der Waals surface area contributed by atoms with Gasteiger partial charge in [0.2, 0.25) is 0 Å². The standard InChI is InChI=1S/C49H41N5O/c1-49(2)40-17-11-10-16-38(40)44-37-15-9-8-14-36(37)39(29-41(44)49)31-20-24-34(25-21-31)47-51-45(32-12-6-5-7-13-32)50-46(52-47)33-22-18-30(19-23-33)35-26-27-42-43(28-35)54(4)48(55)53(42)3/h5-29,45,47,51H,1-4H3,(H,50,52). The smallest absolute Gasteiger partial charge is 0.328 e. The van der Waals surface area contributed by atoms with E-state index in [1.54, 1.807) is 9.13 Å². The van der Waals surface area contributed by atoms with Crippen molar-refractivity contribution in [1.29, 1.82) is 0 Å². The van der Waals surface area contributed by atoms with Gasteiger partial charge in [-0.15, -0.1) is 0 Å². The average molecular weight is 716 g/mol. The van der Waals surface area contributed by atoms with Gasteiger partial charge in [0.1, 0.15) is 18.2 Å². The maximum absolute atomic E-state index is 12.5. The molecule has 7 aromatic carbocycles. The zero-order valence-electron chi connectivity index (χ0n) is 31.3. The first-order valence-corrected chi connectivity index (χ1v) is 18.9. The first-order chi connectivity index (χ1) is 26.8. The number of hydrogen-bond donors (Lipinski definition) is 2. The summed E-state index contributed by atoms with van der Waals surface area (Å²) in [6.07, 6.45) is -0.397. The number of hydrogen-bond acceptors (Lipinski definition) is 4. The molecule has 1 aliphatic heterocycles. The van der Waals surface area contributed by atoms with E-state index < -0.39 is 0 Å². The SMILES string of the molecule is Cn1c(=O)n(C)c2cc(-c3ccc(C4=NC(c5ccccc5)NC(c5ccc(-c6cc7c(c8ccccc68)-c6ccccc6C7(C)C)cc5)N4)cc3)ccc21. The predicted octanol–water partition coefficient (Wildman–Crippen LogP) is 10.0. The van der Waals surface area contributed by atoms with E-state index in [0.717, 1.165) is 44.7 Å². The summed E-state index contributed by atoms with van der Waals surface area (Å²) in [4.78, 5) is 17.7. The number of aryl methyl sites for hydroxylation is 2. The molecule has 0 amide bonds. The van der Waals surface area contributed by atoms with Crippen molar-refractivity contribution >= 4 is 27.6 Å². The lowest BCUT2D eigenvalue weighted by Crippen LogP contribution is -2.44. The molecule has 1 aliphatic carbocycles. The van der Waals surface area contributed by atoms with Crippen molar-refractivity contribution in [2.24, 2.45) is 19.1 Å². The van der Waals surface area contributed by atoms with Crippen LogP contribution in [0.4, 0.5) is 0 Å². The fourth-order valence-corrected chi connectivity index (χ4v) is 8.83. The molecular formula is C49H41N5O. The maximum Gasteiger partial charge on any atom is 0.328 e. The van der Waals surface area contributed by atoms with E-state index in [9.17, 15) is 4.79 Å². The molecule has 2 aliphatic rings. The lowest BCUT2D eigenvalue weighted by molar-refractivity contribution is 0.409. The highest BCUT2D eigenvalue weighted by Crippen LogP contribution is 2.53. The van der Waals surface area contributed by atoms with Gasteiger partial charge >= 0.3 is 5.69 Å². The van der Waals surface area contributed by atoms with Crippen molar-refractivity contribution in [3.63, 3.8) is 0 Å². The van der Waals surface area contributed by atoms with Crippen LogP contribution < -0.4 is 16.3 Å². The Balaban J connectivity index is 0.988. The largest absolute Gasteiger partial charge is 0.350 e. The molecule has 10 rings (SSSR count). The van der Waals surface area contributed by atoms with Crippen molar-refractivity contribution in [2.45, 2.75) is 31.6 Å². The van der Waals surface area contributed by atoms with Crippen LogP contribution in [0.25, 0.3) is 55.2 Å². The van der Waals surface area contributed by atoms with E-state index in [-0.39, 0.29) is 23.4 Å². The molecule has 55 heavy (non-hydrogen) atoms. The molecule has 6 heteroatoms. The summed E-state index contributed by atoms with van der Waals surface area (Å²) in [6.45, 7) is 4.70. The zero-order chi connectivity index (χ0) is 37.4. The molecule has 2 heterocycles. The van der Waals surface area contributed by atoms with E-state index in [1.165, 1.54) is 44.2 Å². The minimum absolute atomic E-state index is 0.0262. The molecule has 0 spiro atoms. The van der Waals surface area contributed by atoms with Crippen LogP contribution in [0, 0.1) is 0 Å². The highest BCUT2D eigenvalue weighted by atomic mass is 16.1. The third kappa shape index (κ3) is 5.28. The number of amidine groups is 1. The molecule has 2 atom stereocenters. The fourth-order valence-electron chi connectivity index (χ4n) is 8.83. The molecule has 2 N–H and O–H groups in total. The van der Waals surface area contributed by atoms with Gasteiger partial charge in [-0.1, -0.05) is 147 Å². The second-order valence-corrected chi connectivity index (χ2v) is 15.4. The second kappa shape index (κ2) is 12.5. The van der Waals surface area contributed by atoms with Gasteiger partial charge in [0, 0.05) is 25.1 Å². The summed E-state index contributed by atoms with van der Waals surface area (Å²) in [7, 11) is 3.63. The quantitative estimate of drug-likeness (QED) is 0.187. The molecule has 6 nitrogen and oxygen atoms in total. The van der Waals surface area contributed by atoms with Gasteiger partial charge in [-0.05, 0) is 84.6 Å². The van der Waals surface area contributed by atoms with Gasteiger partial charge in [0.05, 0.1) is 11.0 Å². The van der Waals surface area contributed by atoms with Crippen LogP contribution in [0.1, 0.15) is 54.0 Å². The molecule has 1 aromatic heterocycles. The van der Waals surface area contributed by atoms with Gasteiger partial charge in [-0.2, -0.15) is 0 Å². The van der Waals surface area contributed by atoms with Crippen LogP contribution in [-0.2, 0) is 19.5 Å². The highest BCUT2D eigenvalue weighted by molar-refractivity contribution is 6.09. The topological polar surface area (TPSA) is 63.4 Å². The van der Waals surface area contributed by atoms with Gasteiger partial charge in [-0.3, -0.25) is 14.5 Å². The molecule has 0 fully saturated rings. The van der Waals surface area contributed by atoms with Gasteiger partial charge in [-0.25, -0.2) is 9.79 Å². The Morgan fingerprint density at radius 1 is 0.564 bits per heavy atom. The number of nitrogens with zero attached hydrogens (tertiary/aromatic N) is 3. The Labute approximate surface area is 320 Å². The van der Waals surface area contributed by atoms with Gasteiger partial charge in [0.15, 0.2) is 0 Å². The second-order valence-electron chi connectivity index (χ2n) is 15.4. The Bertz CT molecular complexity index is 2880. The zero-order valence-corrected chi connectivity index (χ0v) is 31.3. The summed E-state index contributed by atoms with van der Waals surface area (Å²) in [5, 5.41) is 10.1. The number of rotatable bonds is 5. The number of benzene rings is 7. The number of aliphatic imine (C=N–C) groups is 1. The molecule has 0 radical (unpaired) electrons. The van der Waals surface area contributed by atoms with Crippen LogP contribution in [0.3, 0.4) is 0 Å². The molecule has 0 saturated heterocycles. The van der Waals surface area contributed by atoms with Gasteiger partial charge < -0.3 is 5.32 Å². The van der Waals surface area contributed by atoms with E-state index in [1.807, 2.05) is 26.2 Å². The number of fused-ring (bicyclic) bond motifs is 6. The average Bonchev–Trinajstić information content (AvgIpc) is 3.61. The molecule has 8 aromatic rings. The monoisotopic (exact) mass is 715 g/mol. The molecule has 268 valence electrons. The Morgan fingerprint density at radius 3 is 1.98 bits per heavy atom. The van der Waals surface area contributed by atoms with E-state index in [0.29, 0.717) is 0 Å². The van der Waals surface area contributed by atoms with Crippen molar-refractivity contribution in [1.82, 2.24) is 19.8 Å². The summed E-state index contributed by atoms with van der Waals surface area (Å²) >= 11 is 0. The molecule has 2 unspecified atom stereocenters. The molecule has 0 saturated carbocycles. The summed E-state index contributed by atoms with van der Waals surface area (Å²) < 4.78 is 3.39. The minimum atomic E-state index is -0.229. The summed E-state index contributed by atoms with van der Waals surface area (Å²) in [5.74, 6) is 0.834. The van der Waals surface area contributed by atoms with Crippen LogP contribution in [0.5, 0.6) is 0 Å². The van der Waals surface area contributed by atoms with Crippen LogP contribution in [0.2, 0.25) is 0 Å². The third-order valence-electron chi connectivity index (χ3n) is 11.9. The fraction of sp³-hybridized carbons (Fsp3) is 0.143. The van der Waals surface area contributed by atoms with E-state index in [4.69, 9.17) is 4.99 Å². The number of aromatic nitrogens is 2. The Hall–Kier alpha value is -6.50. The lowest BCUT2D eigenvalue weighted by Gasteiger charge is -2.32. The van der Waals surface area contributed by atoms with Gasteiger partial charge in [0.25, 0.3) is 0 Å².